The highest BCUT2D eigenvalue weighted by molar-refractivity contribution is 5.91. The Kier molecular flexibility index (Phi) is 4.88. The van der Waals surface area contributed by atoms with Gasteiger partial charge in [0.2, 0.25) is 5.91 Å². The number of benzene rings is 2. The number of methoxy groups -OCH3 is 2. The Morgan fingerprint density at radius 3 is 2.65 bits per heavy atom. The molecule has 0 atom stereocenters. The van der Waals surface area contributed by atoms with Gasteiger partial charge in [0.25, 0.3) is 5.56 Å². The summed E-state index contributed by atoms with van der Waals surface area (Å²) in [7, 11) is 3.06. The van der Waals surface area contributed by atoms with Gasteiger partial charge in [0, 0.05) is 11.8 Å². The van der Waals surface area contributed by atoms with E-state index in [9.17, 15) is 9.59 Å². The summed E-state index contributed by atoms with van der Waals surface area (Å²) in [6.45, 7) is 1.76. The molecule has 7 nitrogen and oxygen atoms in total. The van der Waals surface area contributed by atoms with Gasteiger partial charge in [0.15, 0.2) is 11.5 Å². The zero-order chi connectivity index (χ0) is 18.7. The minimum atomic E-state index is -0.340. The lowest BCUT2D eigenvalue weighted by atomic mass is 10.1. The average molecular weight is 353 g/mol. The zero-order valence-electron chi connectivity index (χ0n) is 14.8. The first-order valence-electron chi connectivity index (χ1n) is 8.00. The van der Waals surface area contributed by atoms with Gasteiger partial charge in [-0.15, -0.1) is 0 Å². The van der Waals surface area contributed by atoms with E-state index in [-0.39, 0.29) is 18.0 Å². The predicted molar refractivity (Wildman–Crippen MR) is 98.9 cm³/mol. The van der Waals surface area contributed by atoms with E-state index in [2.05, 4.69) is 10.3 Å². The van der Waals surface area contributed by atoms with Crippen LogP contribution in [-0.2, 0) is 11.3 Å². The molecule has 0 radical (unpaired) electrons. The maximum atomic E-state index is 12.6. The van der Waals surface area contributed by atoms with E-state index < -0.39 is 0 Å². The number of amides is 1. The number of rotatable bonds is 5. The van der Waals surface area contributed by atoms with Gasteiger partial charge in [-0.05, 0) is 30.7 Å². The highest BCUT2D eigenvalue weighted by Gasteiger charge is 2.11. The van der Waals surface area contributed by atoms with Crippen LogP contribution in [0.4, 0.5) is 5.69 Å². The highest BCUT2D eigenvalue weighted by atomic mass is 16.5. The number of nitrogens with one attached hydrogen (secondary N) is 1. The number of carbonyl (C=O) groups is 1. The summed E-state index contributed by atoms with van der Waals surface area (Å²) in [4.78, 5) is 29.2. The Morgan fingerprint density at radius 2 is 1.92 bits per heavy atom. The van der Waals surface area contributed by atoms with Gasteiger partial charge < -0.3 is 14.8 Å². The third-order valence-corrected chi connectivity index (χ3v) is 4.04. The summed E-state index contributed by atoms with van der Waals surface area (Å²) >= 11 is 0. The van der Waals surface area contributed by atoms with Gasteiger partial charge in [-0.2, -0.15) is 0 Å². The fourth-order valence-electron chi connectivity index (χ4n) is 2.72. The lowest BCUT2D eigenvalue weighted by Gasteiger charge is -2.11. The van der Waals surface area contributed by atoms with Gasteiger partial charge >= 0.3 is 0 Å². The number of aromatic nitrogens is 2. The molecule has 26 heavy (non-hydrogen) atoms. The monoisotopic (exact) mass is 353 g/mol. The molecule has 1 N–H and O–H groups in total. The average Bonchev–Trinajstić information content (AvgIpc) is 2.64. The molecule has 0 aliphatic heterocycles. The first-order chi connectivity index (χ1) is 12.5. The number of nitrogens with zero attached hydrogens (tertiary/aromatic N) is 2. The van der Waals surface area contributed by atoms with E-state index in [1.807, 2.05) is 13.0 Å². The van der Waals surface area contributed by atoms with Crippen LogP contribution in [0.15, 0.2) is 47.5 Å². The van der Waals surface area contributed by atoms with Crippen molar-refractivity contribution in [3.63, 3.8) is 0 Å². The number of aryl methyl sites for hydroxylation is 1. The van der Waals surface area contributed by atoms with E-state index in [1.54, 1.807) is 30.3 Å². The molecule has 0 saturated heterocycles. The van der Waals surface area contributed by atoms with Crippen LogP contribution in [0.25, 0.3) is 10.9 Å². The molecule has 0 aliphatic carbocycles. The van der Waals surface area contributed by atoms with Crippen LogP contribution >= 0.6 is 0 Å². The smallest absolute Gasteiger partial charge is 0.261 e. The maximum Gasteiger partial charge on any atom is 0.261 e. The molecule has 0 aliphatic rings. The third kappa shape index (κ3) is 3.37. The molecule has 1 aromatic heterocycles. The maximum absolute atomic E-state index is 12.6. The third-order valence-electron chi connectivity index (χ3n) is 4.04. The van der Waals surface area contributed by atoms with Crippen LogP contribution in [0.2, 0.25) is 0 Å². The molecule has 2 aromatic carbocycles. The van der Waals surface area contributed by atoms with Crippen molar-refractivity contribution in [2.75, 3.05) is 19.5 Å². The molecule has 0 bridgehead atoms. The van der Waals surface area contributed by atoms with Gasteiger partial charge in [-0.25, -0.2) is 4.98 Å². The summed E-state index contributed by atoms with van der Waals surface area (Å²) in [5.41, 5.74) is 1.86. The summed E-state index contributed by atoms with van der Waals surface area (Å²) in [6.07, 6.45) is 1.39. The quantitative estimate of drug-likeness (QED) is 0.761. The van der Waals surface area contributed by atoms with Crippen LogP contribution in [0.1, 0.15) is 5.56 Å². The summed E-state index contributed by atoms with van der Waals surface area (Å²) in [5, 5.41) is 3.23. The Morgan fingerprint density at radius 1 is 1.15 bits per heavy atom. The van der Waals surface area contributed by atoms with Crippen molar-refractivity contribution in [3.05, 3.63) is 58.6 Å². The molecule has 0 spiro atoms. The standard InChI is InChI=1S/C19H19N3O4/c1-12-5-4-6-14-18(12)20-11-22(19(14)24)10-17(23)21-13-7-8-15(25-2)16(9-13)26-3/h4-9,11H,10H2,1-3H3,(H,21,23). The molecule has 3 rings (SSSR count). The van der Waals surface area contributed by atoms with E-state index in [1.165, 1.54) is 25.1 Å². The lowest BCUT2D eigenvalue weighted by Crippen LogP contribution is -2.28. The van der Waals surface area contributed by atoms with Gasteiger partial charge in [-0.1, -0.05) is 12.1 Å². The van der Waals surface area contributed by atoms with Crippen molar-refractivity contribution in [3.8, 4) is 11.5 Å². The fourth-order valence-corrected chi connectivity index (χ4v) is 2.72. The van der Waals surface area contributed by atoms with E-state index in [0.29, 0.717) is 28.1 Å². The second-order valence-electron chi connectivity index (χ2n) is 5.77. The number of hydrogen-bond donors (Lipinski definition) is 1. The normalized spacial score (nSPS) is 10.6. The van der Waals surface area contributed by atoms with Crippen LogP contribution in [0.5, 0.6) is 11.5 Å². The molecule has 0 fully saturated rings. The van der Waals surface area contributed by atoms with Crippen molar-refractivity contribution in [2.24, 2.45) is 0 Å². The van der Waals surface area contributed by atoms with Gasteiger partial charge in [0.05, 0.1) is 31.4 Å². The van der Waals surface area contributed by atoms with Gasteiger partial charge in [0.1, 0.15) is 6.54 Å². The topological polar surface area (TPSA) is 82.5 Å². The Bertz CT molecular complexity index is 1030. The minimum Gasteiger partial charge on any atom is -0.493 e. The number of carbonyl (C=O) groups excluding carboxylic acids is 1. The molecular formula is C19H19N3O4. The van der Waals surface area contributed by atoms with Crippen molar-refractivity contribution < 1.29 is 14.3 Å². The first kappa shape index (κ1) is 17.5. The fraction of sp³-hybridized carbons (Fsp3) is 0.211. The molecule has 1 amide bonds. The number of para-hydroxylation sites is 1. The molecule has 0 saturated carbocycles. The van der Waals surface area contributed by atoms with Gasteiger partial charge in [-0.3, -0.25) is 14.2 Å². The Labute approximate surface area is 150 Å². The van der Waals surface area contributed by atoms with E-state index in [4.69, 9.17) is 9.47 Å². The first-order valence-corrected chi connectivity index (χ1v) is 8.00. The van der Waals surface area contributed by atoms with E-state index >= 15 is 0 Å². The highest BCUT2D eigenvalue weighted by Crippen LogP contribution is 2.29. The molecule has 3 aromatic rings. The number of ether oxygens (including phenoxy) is 2. The second-order valence-corrected chi connectivity index (χ2v) is 5.77. The number of hydrogen-bond acceptors (Lipinski definition) is 5. The second kappa shape index (κ2) is 7.26. The van der Waals surface area contributed by atoms with Crippen molar-refractivity contribution in [1.82, 2.24) is 9.55 Å². The van der Waals surface area contributed by atoms with Crippen LogP contribution in [0, 0.1) is 6.92 Å². The summed E-state index contributed by atoms with van der Waals surface area (Å²) < 4.78 is 11.7. The number of anilines is 1. The van der Waals surface area contributed by atoms with Crippen LogP contribution < -0.4 is 20.3 Å². The Balaban J connectivity index is 1.81. The summed E-state index contributed by atoms with van der Waals surface area (Å²) in [6, 6.07) is 10.4. The number of fused-ring (bicyclic) bond motifs is 1. The van der Waals surface area contributed by atoms with Crippen molar-refractivity contribution >= 4 is 22.5 Å². The minimum absolute atomic E-state index is 0.135. The summed E-state index contributed by atoms with van der Waals surface area (Å²) in [5.74, 6) is 0.731. The molecule has 1 heterocycles. The van der Waals surface area contributed by atoms with Crippen molar-refractivity contribution in [2.45, 2.75) is 13.5 Å². The predicted octanol–water partition coefficient (Wildman–Crippen LogP) is 2.36. The molecule has 7 heteroatoms. The molecule has 0 unspecified atom stereocenters. The van der Waals surface area contributed by atoms with E-state index in [0.717, 1.165) is 5.56 Å². The largest absolute Gasteiger partial charge is 0.493 e. The SMILES string of the molecule is COc1ccc(NC(=O)Cn2cnc3c(C)cccc3c2=O)cc1OC. The van der Waals surface area contributed by atoms with Crippen LogP contribution in [-0.4, -0.2) is 29.7 Å². The molecule has 134 valence electrons. The zero-order valence-corrected chi connectivity index (χ0v) is 14.8. The molecular weight excluding hydrogens is 334 g/mol. The van der Waals surface area contributed by atoms with Crippen LogP contribution in [0.3, 0.4) is 0 Å². The lowest BCUT2D eigenvalue weighted by molar-refractivity contribution is -0.116. The van der Waals surface area contributed by atoms with Crippen molar-refractivity contribution in [1.29, 1.82) is 0 Å². The Hall–Kier alpha value is -3.35.